The Bertz CT molecular complexity index is 1290. The van der Waals surface area contributed by atoms with E-state index in [0.717, 1.165) is 56.4 Å². The number of piperazine rings is 1. The number of hydrogen-bond donors (Lipinski definition) is 0. The van der Waals surface area contributed by atoms with Crippen molar-refractivity contribution < 1.29 is 4.79 Å². The van der Waals surface area contributed by atoms with E-state index in [2.05, 4.69) is 49.8 Å². The fourth-order valence-corrected chi connectivity index (χ4v) is 5.85. The first-order chi connectivity index (χ1) is 16.7. The Morgan fingerprint density at radius 1 is 0.971 bits per heavy atom. The van der Waals surface area contributed by atoms with Crippen molar-refractivity contribution in [2.75, 3.05) is 44.2 Å². The Hall–Kier alpha value is -2.87. The summed E-state index contributed by atoms with van der Waals surface area (Å²) in [6.45, 7) is 5.50. The summed E-state index contributed by atoms with van der Waals surface area (Å²) in [6.07, 6.45) is 3.28. The van der Waals surface area contributed by atoms with Crippen LogP contribution in [0.25, 0.3) is 16.6 Å². The zero-order valence-electron chi connectivity index (χ0n) is 18.8. The number of rotatable bonds is 4. The molecule has 4 aromatic rings. The lowest BCUT2D eigenvalue weighted by Gasteiger charge is -2.37. The van der Waals surface area contributed by atoms with Crippen molar-refractivity contribution in [2.24, 2.45) is 0 Å². The molecule has 174 valence electrons. The Morgan fingerprint density at radius 3 is 2.53 bits per heavy atom. The minimum absolute atomic E-state index is 0.0628. The van der Waals surface area contributed by atoms with Gasteiger partial charge in [0.1, 0.15) is 5.69 Å². The van der Waals surface area contributed by atoms with Crippen molar-refractivity contribution in [1.82, 2.24) is 19.4 Å². The SMILES string of the molecule is O=C(c1cscn1)N1CCN([C@@H]2CCN(c3ccc4c(ccn4-c4ccc(Cl)cc4)c3)C2)CC1. The predicted octanol–water partition coefficient (Wildman–Crippen LogP) is 4.78. The van der Waals surface area contributed by atoms with E-state index in [4.69, 9.17) is 11.6 Å². The molecule has 0 unspecified atom stereocenters. The van der Waals surface area contributed by atoms with Gasteiger partial charge in [-0.1, -0.05) is 11.6 Å². The van der Waals surface area contributed by atoms with Crippen molar-refractivity contribution in [1.29, 1.82) is 0 Å². The summed E-state index contributed by atoms with van der Waals surface area (Å²) in [5.74, 6) is 0.0628. The molecule has 34 heavy (non-hydrogen) atoms. The molecule has 0 bridgehead atoms. The summed E-state index contributed by atoms with van der Waals surface area (Å²) in [7, 11) is 0. The summed E-state index contributed by atoms with van der Waals surface area (Å²) >= 11 is 7.53. The van der Waals surface area contributed by atoms with E-state index in [9.17, 15) is 4.79 Å². The van der Waals surface area contributed by atoms with Crippen molar-refractivity contribution >= 4 is 45.4 Å². The predicted molar refractivity (Wildman–Crippen MR) is 138 cm³/mol. The number of thiazole rings is 1. The van der Waals surface area contributed by atoms with Gasteiger partial charge in [-0.25, -0.2) is 4.98 Å². The van der Waals surface area contributed by atoms with E-state index in [1.165, 1.54) is 27.9 Å². The smallest absolute Gasteiger partial charge is 0.273 e. The maximum Gasteiger partial charge on any atom is 0.273 e. The number of carbonyl (C=O) groups is 1. The standard InChI is InChI=1S/C26H26ClN5OS/c27-20-1-3-21(4-2-20)32-10-7-19-15-22(5-6-25(19)32)31-9-8-23(16-31)29-11-13-30(14-12-29)26(33)24-17-34-18-28-24/h1-7,10,15,17-18,23H,8-9,11-14,16H2/t23-/m1/s1. The summed E-state index contributed by atoms with van der Waals surface area (Å²) < 4.78 is 2.20. The van der Waals surface area contributed by atoms with Crippen molar-refractivity contribution in [3.05, 3.63) is 76.3 Å². The molecule has 8 heteroatoms. The van der Waals surface area contributed by atoms with Crippen LogP contribution in [0.2, 0.25) is 5.02 Å². The van der Waals surface area contributed by atoms with Crippen LogP contribution in [-0.4, -0.2) is 70.6 Å². The molecular formula is C26H26ClN5OS. The maximum absolute atomic E-state index is 12.6. The molecule has 1 amide bonds. The topological polar surface area (TPSA) is 44.6 Å². The summed E-state index contributed by atoms with van der Waals surface area (Å²) in [5, 5.41) is 3.83. The molecule has 2 aliphatic heterocycles. The number of aromatic nitrogens is 2. The Kier molecular flexibility index (Phi) is 5.77. The fraction of sp³-hybridized carbons (Fsp3) is 0.308. The minimum Gasteiger partial charge on any atom is -0.370 e. The number of fused-ring (bicyclic) bond motifs is 1. The fourth-order valence-electron chi connectivity index (χ4n) is 5.20. The average molecular weight is 492 g/mol. The lowest BCUT2D eigenvalue weighted by atomic mass is 10.2. The molecular weight excluding hydrogens is 466 g/mol. The van der Waals surface area contributed by atoms with Gasteiger partial charge < -0.3 is 14.4 Å². The van der Waals surface area contributed by atoms with Gasteiger partial charge in [0.25, 0.3) is 5.91 Å². The summed E-state index contributed by atoms with van der Waals surface area (Å²) in [4.78, 5) is 23.7. The third kappa shape index (κ3) is 4.08. The first kappa shape index (κ1) is 21.6. The molecule has 0 aliphatic carbocycles. The number of amides is 1. The van der Waals surface area contributed by atoms with Crippen LogP contribution in [0.15, 0.2) is 65.6 Å². The lowest BCUT2D eigenvalue weighted by molar-refractivity contribution is 0.0580. The van der Waals surface area contributed by atoms with E-state index in [-0.39, 0.29) is 5.91 Å². The van der Waals surface area contributed by atoms with E-state index < -0.39 is 0 Å². The highest BCUT2D eigenvalue weighted by atomic mass is 35.5. The van der Waals surface area contributed by atoms with E-state index >= 15 is 0 Å². The quantitative estimate of drug-likeness (QED) is 0.412. The van der Waals surface area contributed by atoms with E-state index in [1.807, 2.05) is 34.5 Å². The van der Waals surface area contributed by atoms with Gasteiger partial charge in [-0.3, -0.25) is 9.69 Å². The number of halogens is 1. The van der Waals surface area contributed by atoms with Crippen LogP contribution < -0.4 is 4.90 Å². The van der Waals surface area contributed by atoms with Crippen LogP contribution in [0.1, 0.15) is 16.9 Å². The minimum atomic E-state index is 0.0628. The highest BCUT2D eigenvalue weighted by molar-refractivity contribution is 7.07. The Morgan fingerprint density at radius 2 is 1.76 bits per heavy atom. The monoisotopic (exact) mass is 491 g/mol. The van der Waals surface area contributed by atoms with Gasteiger partial charge in [0.15, 0.2) is 0 Å². The second-order valence-corrected chi connectivity index (χ2v) is 10.2. The van der Waals surface area contributed by atoms with Gasteiger partial charge in [0.2, 0.25) is 0 Å². The van der Waals surface area contributed by atoms with Gasteiger partial charge in [0.05, 0.1) is 11.0 Å². The number of benzene rings is 2. The van der Waals surface area contributed by atoms with Gasteiger partial charge in [-0.2, -0.15) is 0 Å². The number of hydrogen-bond acceptors (Lipinski definition) is 5. The molecule has 2 aliphatic rings. The van der Waals surface area contributed by atoms with Gasteiger partial charge in [-0.05, 0) is 55.0 Å². The molecule has 0 radical (unpaired) electrons. The molecule has 2 saturated heterocycles. The normalized spacial score (nSPS) is 19.3. The highest BCUT2D eigenvalue weighted by Gasteiger charge is 2.31. The van der Waals surface area contributed by atoms with Crippen LogP contribution >= 0.6 is 22.9 Å². The molecule has 0 N–H and O–H groups in total. The van der Waals surface area contributed by atoms with Crippen LogP contribution in [0, 0.1) is 0 Å². The van der Waals surface area contributed by atoms with Gasteiger partial charge in [-0.15, -0.1) is 11.3 Å². The number of carbonyl (C=O) groups excluding carboxylic acids is 1. The summed E-state index contributed by atoms with van der Waals surface area (Å²) in [6, 6.07) is 17.4. The molecule has 0 spiro atoms. The Balaban J connectivity index is 1.10. The maximum atomic E-state index is 12.6. The lowest BCUT2D eigenvalue weighted by Crippen LogP contribution is -2.52. The van der Waals surface area contributed by atoms with E-state index in [0.29, 0.717) is 11.7 Å². The van der Waals surface area contributed by atoms with E-state index in [1.54, 1.807) is 5.51 Å². The molecule has 4 heterocycles. The van der Waals surface area contributed by atoms with Crippen LogP contribution in [0.5, 0.6) is 0 Å². The van der Waals surface area contributed by atoms with Crippen molar-refractivity contribution in [3.8, 4) is 5.69 Å². The molecule has 1 atom stereocenters. The molecule has 2 aromatic heterocycles. The zero-order valence-corrected chi connectivity index (χ0v) is 20.4. The average Bonchev–Trinajstić information content (AvgIpc) is 3.65. The third-order valence-corrected chi connectivity index (χ3v) is 7.91. The third-order valence-electron chi connectivity index (χ3n) is 7.08. The van der Waals surface area contributed by atoms with Crippen molar-refractivity contribution in [3.63, 3.8) is 0 Å². The van der Waals surface area contributed by atoms with Crippen LogP contribution in [0.4, 0.5) is 5.69 Å². The van der Waals surface area contributed by atoms with Crippen LogP contribution in [0.3, 0.4) is 0 Å². The molecule has 6 nitrogen and oxygen atoms in total. The first-order valence-electron chi connectivity index (χ1n) is 11.7. The Labute approximate surface area is 208 Å². The number of anilines is 1. The second kappa shape index (κ2) is 9.06. The largest absolute Gasteiger partial charge is 0.370 e. The molecule has 6 rings (SSSR count). The molecule has 2 fully saturated rings. The van der Waals surface area contributed by atoms with Crippen LogP contribution in [-0.2, 0) is 0 Å². The van der Waals surface area contributed by atoms with Crippen molar-refractivity contribution in [2.45, 2.75) is 12.5 Å². The molecule has 2 aromatic carbocycles. The first-order valence-corrected chi connectivity index (χ1v) is 13.0. The van der Waals surface area contributed by atoms with Gasteiger partial charge >= 0.3 is 0 Å². The highest BCUT2D eigenvalue weighted by Crippen LogP contribution is 2.29. The zero-order chi connectivity index (χ0) is 23.1. The second-order valence-electron chi connectivity index (χ2n) is 9.00. The van der Waals surface area contributed by atoms with Gasteiger partial charge in [0, 0.05) is 78.7 Å². The number of nitrogens with zero attached hydrogens (tertiary/aromatic N) is 5. The summed E-state index contributed by atoms with van der Waals surface area (Å²) in [5.41, 5.74) is 5.89. The molecule has 0 saturated carbocycles.